The van der Waals surface area contributed by atoms with Crippen LogP contribution in [0.25, 0.3) is 0 Å². The van der Waals surface area contributed by atoms with Crippen LogP contribution in [0.4, 0.5) is 0 Å². The molecule has 10 heteroatoms. The highest BCUT2D eigenvalue weighted by Crippen LogP contribution is 2.38. The Balaban J connectivity index is 1.73. The zero-order valence-electron chi connectivity index (χ0n) is 21.2. The van der Waals surface area contributed by atoms with Crippen LogP contribution >= 0.6 is 11.6 Å². The molecule has 0 aliphatic rings. The van der Waals surface area contributed by atoms with Gasteiger partial charge in [-0.15, -0.1) is 0 Å². The summed E-state index contributed by atoms with van der Waals surface area (Å²) in [7, 11) is -3.35. The Hall–Kier alpha value is -3.19. The van der Waals surface area contributed by atoms with E-state index in [2.05, 4.69) is 29.9 Å². The zero-order chi connectivity index (χ0) is 27.1. The van der Waals surface area contributed by atoms with Gasteiger partial charge in [-0.05, 0) is 47.9 Å². The van der Waals surface area contributed by atoms with Crippen molar-refractivity contribution in [3.63, 3.8) is 0 Å². The summed E-state index contributed by atoms with van der Waals surface area (Å²) in [4.78, 5) is 8.34. The third-order valence-electron chi connectivity index (χ3n) is 5.84. The fraction of sp³-hybridized carbons (Fsp3) is 0.370. The van der Waals surface area contributed by atoms with Crippen molar-refractivity contribution >= 4 is 21.4 Å². The summed E-state index contributed by atoms with van der Waals surface area (Å²) in [5, 5.41) is 10.1. The van der Waals surface area contributed by atoms with E-state index in [0.29, 0.717) is 34.4 Å². The molecule has 0 atom stereocenters. The van der Waals surface area contributed by atoms with Crippen molar-refractivity contribution in [2.75, 3.05) is 18.9 Å². The summed E-state index contributed by atoms with van der Waals surface area (Å²) in [5.74, 6) is 0.896. The molecule has 0 saturated heterocycles. The Labute approximate surface area is 223 Å². The molecule has 37 heavy (non-hydrogen) atoms. The molecule has 0 aliphatic heterocycles. The Morgan fingerprint density at radius 1 is 1.11 bits per heavy atom. The normalized spacial score (nSPS) is 11.7. The summed E-state index contributed by atoms with van der Waals surface area (Å²) in [5.41, 5.74) is 7.80. The predicted molar refractivity (Wildman–Crippen MR) is 143 cm³/mol. The zero-order valence-corrected chi connectivity index (χ0v) is 22.8. The number of aromatic nitrogens is 2. The lowest BCUT2D eigenvalue weighted by Crippen LogP contribution is -2.19. The number of halogens is 1. The fourth-order valence-electron chi connectivity index (χ4n) is 3.72. The largest absolute Gasteiger partial charge is 0.491 e. The molecule has 0 bridgehead atoms. The van der Waals surface area contributed by atoms with Crippen molar-refractivity contribution in [2.45, 2.75) is 45.0 Å². The van der Waals surface area contributed by atoms with Gasteiger partial charge in [-0.2, -0.15) is 5.26 Å². The van der Waals surface area contributed by atoms with Crippen molar-refractivity contribution in [3.8, 4) is 17.6 Å². The molecule has 1 heterocycles. The average Bonchev–Trinajstić information content (AvgIpc) is 2.86. The molecule has 0 saturated carbocycles. The van der Waals surface area contributed by atoms with Crippen molar-refractivity contribution in [1.82, 2.24) is 9.97 Å². The van der Waals surface area contributed by atoms with Gasteiger partial charge in [-0.1, -0.05) is 44.5 Å². The van der Waals surface area contributed by atoms with Gasteiger partial charge in [0, 0.05) is 18.2 Å². The highest BCUT2D eigenvalue weighted by Gasteiger charge is 2.26. The first-order chi connectivity index (χ1) is 17.6. The third kappa shape index (κ3) is 7.41. The summed E-state index contributed by atoms with van der Waals surface area (Å²) >= 11 is 6.48. The molecule has 1 aromatic heterocycles. The molecule has 0 spiro atoms. The maximum atomic E-state index is 12.0. The number of nitrogens with zero attached hydrogens (tertiary/aromatic N) is 3. The van der Waals surface area contributed by atoms with Gasteiger partial charge in [0.05, 0.1) is 28.6 Å². The number of nitrogens with two attached hydrogens (primary N) is 1. The summed E-state index contributed by atoms with van der Waals surface area (Å²) in [6.45, 7) is 6.82. The molecular weight excluding hydrogens is 512 g/mol. The molecule has 0 unspecified atom stereocenters. The first-order valence-corrected chi connectivity index (χ1v) is 14.1. The van der Waals surface area contributed by atoms with Crippen LogP contribution < -0.4 is 15.2 Å². The lowest BCUT2D eigenvalue weighted by molar-refractivity contribution is 0.300. The van der Waals surface area contributed by atoms with E-state index in [9.17, 15) is 13.7 Å². The van der Waals surface area contributed by atoms with Crippen molar-refractivity contribution in [3.05, 3.63) is 81.9 Å². The minimum absolute atomic E-state index is 0.0587. The molecule has 2 N–H and O–H groups in total. The quantitative estimate of drug-likeness (QED) is 0.352. The number of rotatable bonds is 12. The van der Waals surface area contributed by atoms with Crippen LogP contribution in [0.5, 0.6) is 11.5 Å². The molecule has 3 rings (SSSR count). The van der Waals surface area contributed by atoms with E-state index in [4.69, 9.17) is 26.8 Å². The maximum Gasteiger partial charge on any atom is 0.158 e. The van der Waals surface area contributed by atoms with Crippen LogP contribution in [0.2, 0.25) is 5.02 Å². The minimum Gasteiger partial charge on any atom is -0.491 e. The van der Waals surface area contributed by atoms with E-state index in [0.717, 1.165) is 17.5 Å². The van der Waals surface area contributed by atoms with Crippen LogP contribution in [0.15, 0.2) is 48.7 Å². The number of nitriles is 1. The van der Waals surface area contributed by atoms with Gasteiger partial charge in [0.15, 0.2) is 15.6 Å². The predicted octanol–water partition coefficient (Wildman–Crippen LogP) is 4.57. The van der Waals surface area contributed by atoms with Crippen LogP contribution in [-0.2, 0) is 27.6 Å². The average molecular weight is 543 g/mol. The number of hydrogen-bond donors (Lipinski definition) is 1. The Kier molecular flexibility index (Phi) is 9.49. The number of sulfone groups is 1. The summed E-state index contributed by atoms with van der Waals surface area (Å²) in [6, 6.07) is 15.2. The second-order valence-corrected chi connectivity index (χ2v) is 11.7. The second-order valence-electron chi connectivity index (χ2n) is 9.08. The van der Waals surface area contributed by atoms with Crippen LogP contribution in [0.3, 0.4) is 0 Å². The minimum atomic E-state index is -3.35. The molecule has 2 aromatic carbocycles. The molecule has 8 nitrogen and oxygen atoms in total. The topological polar surface area (TPSA) is 128 Å². The molecule has 0 amide bonds. The van der Waals surface area contributed by atoms with Gasteiger partial charge in [-0.3, -0.25) is 0 Å². The number of ether oxygens (including phenoxy) is 2. The smallest absolute Gasteiger partial charge is 0.158 e. The van der Waals surface area contributed by atoms with Gasteiger partial charge < -0.3 is 15.2 Å². The molecule has 196 valence electrons. The molecular formula is C27H31ClN4O4S. The van der Waals surface area contributed by atoms with Gasteiger partial charge >= 0.3 is 0 Å². The highest BCUT2D eigenvalue weighted by atomic mass is 35.5. The molecule has 0 fully saturated rings. The molecule has 0 radical (unpaired) electrons. The van der Waals surface area contributed by atoms with Crippen molar-refractivity contribution in [2.24, 2.45) is 5.73 Å². The van der Waals surface area contributed by atoms with Crippen LogP contribution in [0, 0.1) is 11.3 Å². The van der Waals surface area contributed by atoms with Crippen LogP contribution in [-0.4, -0.2) is 37.3 Å². The first-order valence-electron chi connectivity index (χ1n) is 11.9. The Morgan fingerprint density at radius 2 is 1.84 bits per heavy atom. The highest BCUT2D eigenvalue weighted by molar-refractivity contribution is 7.90. The summed E-state index contributed by atoms with van der Waals surface area (Å²) < 4.78 is 35.6. The number of benzene rings is 2. The summed E-state index contributed by atoms with van der Waals surface area (Å²) in [6.07, 6.45) is 2.34. The lowest BCUT2D eigenvalue weighted by atomic mass is 9.77. The van der Waals surface area contributed by atoms with Crippen molar-refractivity contribution in [1.29, 1.82) is 5.26 Å². The van der Waals surface area contributed by atoms with Gasteiger partial charge in [0.25, 0.3) is 0 Å². The van der Waals surface area contributed by atoms with E-state index in [1.807, 2.05) is 43.3 Å². The van der Waals surface area contributed by atoms with Gasteiger partial charge in [0.1, 0.15) is 30.0 Å². The molecule has 3 aromatic rings. The van der Waals surface area contributed by atoms with E-state index < -0.39 is 15.3 Å². The van der Waals surface area contributed by atoms with E-state index >= 15 is 0 Å². The molecule has 0 aliphatic carbocycles. The third-order valence-corrected chi connectivity index (χ3v) is 7.68. The van der Waals surface area contributed by atoms with E-state index in [1.54, 1.807) is 6.07 Å². The van der Waals surface area contributed by atoms with Crippen molar-refractivity contribution < 1.29 is 17.9 Å². The van der Waals surface area contributed by atoms with E-state index in [-0.39, 0.29) is 30.5 Å². The second kappa shape index (κ2) is 12.4. The van der Waals surface area contributed by atoms with Crippen LogP contribution in [0.1, 0.15) is 55.4 Å². The Morgan fingerprint density at radius 3 is 2.49 bits per heavy atom. The lowest BCUT2D eigenvalue weighted by Gasteiger charge is -2.27. The fourth-order valence-corrected chi connectivity index (χ4v) is 5.03. The first kappa shape index (κ1) is 28.4. The monoisotopic (exact) mass is 542 g/mol. The SMILES string of the molecule is CCCOc1c(Cl)cc(C(C)(C)c2ccc(OCc3ccnc(CS(=O)(=O)CCN)n3)cc2)cc1C#N. The van der Waals surface area contributed by atoms with E-state index in [1.165, 1.54) is 6.20 Å². The number of hydrogen-bond acceptors (Lipinski definition) is 8. The maximum absolute atomic E-state index is 12.0. The Bertz CT molecular complexity index is 1370. The van der Waals surface area contributed by atoms with Gasteiger partial charge in [-0.25, -0.2) is 18.4 Å². The standard InChI is InChI=1S/C27H31ClN4O4S/c1-4-12-35-26-19(16-30)14-21(15-24(26)28)27(2,3)20-5-7-23(8-6-20)36-17-22-9-11-31-25(32-22)18-37(33,34)13-10-29/h5-9,11,14-15H,4,10,12-13,17-18,29H2,1-3H3. The van der Waals surface area contributed by atoms with Gasteiger partial charge in [0.2, 0.25) is 0 Å².